The van der Waals surface area contributed by atoms with Gasteiger partial charge in [-0.1, -0.05) is 0 Å². The minimum absolute atomic E-state index is 0. The van der Waals surface area contributed by atoms with Gasteiger partial charge < -0.3 is 20.4 Å². The van der Waals surface area contributed by atoms with Crippen molar-refractivity contribution < 1.29 is 23.5 Å². The van der Waals surface area contributed by atoms with E-state index >= 15 is 0 Å². The number of nitrogens with two attached hydrogens (primary N) is 1. The average molecular weight is 225 g/mol. The molecular weight excluding hydrogens is 218 g/mol. The first kappa shape index (κ1) is 13.0. The molecule has 0 aliphatic heterocycles. The highest BCUT2D eigenvalue weighted by molar-refractivity contribution is 6.33. The number of benzene rings is 1. The summed E-state index contributed by atoms with van der Waals surface area (Å²) in [7, 11) is -2.17. The first-order chi connectivity index (χ1) is 6.00. The van der Waals surface area contributed by atoms with Gasteiger partial charge in [0.15, 0.2) is 5.82 Å². The summed E-state index contributed by atoms with van der Waals surface area (Å²) in [5.41, 5.74) is 4.74. The summed E-state index contributed by atoms with van der Waals surface area (Å²) in [6.45, 7) is 0. The van der Waals surface area contributed by atoms with Crippen molar-refractivity contribution in [3.63, 3.8) is 0 Å². The Labute approximate surface area is 84.9 Å². The maximum atomic E-state index is 12.7. The van der Waals surface area contributed by atoms with Crippen LogP contribution in [0, 0.1) is 11.6 Å². The predicted octanol–water partition coefficient (Wildman–Crippen LogP) is 0.317. The van der Waals surface area contributed by atoms with Crippen LogP contribution < -0.4 is 10.4 Å². The molecule has 0 bridgehead atoms. The molecular formula is C6H7BClF2NO3. The molecule has 0 amide bonds. The zero-order valence-corrected chi connectivity index (χ0v) is 7.59. The third kappa shape index (κ3) is 3.02. The zero-order valence-electron chi connectivity index (χ0n) is 6.78. The van der Waals surface area contributed by atoms with Crippen molar-refractivity contribution in [1.29, 1.82) is 0 Å². The van der Waals surface area contributed by atoms with E-state index in [9.17, 15) is 8.78 Å². The summed E-state index contributed by atoms with van der Waals surface area (Å²) in [6.07, 6.45) is 0. The molecule has 4 nitrogen and oxygen atoms in total. The highest BCUT2D eigenvalue weighted by atomic mass is 35.5. The van der Waals surface area contributed by atoms with Gasteiger partial charge in [-0.3, -0.25) is 0 Å². The topological polar surface area (TPSA) is 75.7 Å². The third-order valence-corrected chi connectivity index (χ3v) is 1.28. The van der Waals surface area contributed by atoms with Gasteiger partial charge in [0.25, 0.3) is 0 Å². The molecule has 4 N–H and O–H groups in total. The van der Waals surface area contributed by atoms with E-state index in [0.29, 0.717) is 6.07 Å². The minimum atomic E-state index is -2.17. The molecule has 1 aromatic carbocycles. The Kier molecular flexibility index (Phi) is 4.62. The lowest BCUT2D eigenvalue weighted by molar-refractivity contribution is 0.281. The molecule has 0 unspecified atom stereocenters. The van der Waals surface area contributed by atoms with Crippen LogP contribution in [0.2, 0.25) is 0 Å². The Morgan fingerprint density at radius 3 is 2.29 bits per heavy atom. The van der Waals surface area contributed by atoms with Gasteiger partial charge in [-0.2, -0.15) is 0 Å². The van der Waals surface area contributed by atoms with Gasteiger partial charge in [0.05, 0.1) is 5.69 Å². The second-order valence-corrected chi connectivity index (χ2v) is 2.25. The van der Waals surface area contributed by atoms with Crippen LogP contribution in [0.5, 0.6) is 5.75 Å². The predicted molar refractivity (Wildman–Crippen MR) is 48.8 cm³/mol. The van der Waals surface area contributed by atoms with E-state index in [1.807, 2.05) is 0 Å². The molecule has 0 saturated heterocycles. The van der Waals surface area contributed by atoms with E-state index in [4.69, 9.17) is 15.8 Å². The van der Waals surface area contributed by atoms with Gasteiger partial charge in [0, 0.05) is 12.1 Å². The maximum Gasteiger partial charge on any atom is 0.707 e. The van der Waals surface area contributed by atoms with Crippen molar-refractivity contribution in [2.75, 3.05) is 5.73 Å². The Morgan fingerprint density at radius 1 is 1.21 bits per heavy atom. The molecule has 0 atom stereocenters. The molecule has 8 heteroatoms. The third-order valence-electron chi connectivity index (χ3n) is 1.28. The lowest BCUT2D eigenvalue weighted by Crippen LogP contribution is -2.21. The summed E-state index contributed by atoms with van der Waals surface area (Å²) < 4.78 is 29.5. The summed E-state index contributed by atoms with van der Waals surface area (Å²) >= 11 is 0. The lowest BCUT2D eigenvalue weighted by Gasteiger charge is -2.06. The van der Waals surface area contributed by atoms with Crippen LogP contribution in [0.1, 0.15) is 0 Å². The maximum absolute atomic E-state index is 12.7. The van der Waals surface area contributed by atoms with Gasteiger partial charge in [-0.05, 0) is 0 Å². The van der Waals surface area contributed by atoms with Crippen LogP contribution in [0.25, 0.3) is 0 Å². The largest absolute Gasteiger partial charge is 0.707 e. The molecule has 1 rings (SSSR count). The molecule has 0 aromatic heterocycles. The molecule has 0 radical (unpaired) electrons. The average Bonchev–Trinajstić information content (AvgIpc) is 1.99. The number of anilines is 1. The quantitative estimate of drug-likeness (QED) is 0.500. The normalized spacial score (nSPS) is 9.14. The number of rotatable bonds is 2. The number of nitrogen functional groups attached to an aromatic ring is 1. The fraction of sp³-hybridized carbons (Fsp3) is 0. The molecule has 0 saturated carbocycles. The van der Waals surface area contributed by atoms with Crippen molar-refractivity contribution in [3.05, 3.63) is 23.8 Å². The zero-order chi connectivity index (χ0) is 10.0. The van der Waals surface area contributed by atoms with E-state index < -0.39 is 24.7 Å². The van der Waals surface area contributed by atoms with Gasteiger partial charge >= 0.3 is 7.32 Å². The molecule has 78 valence electrons. The van der Waals surface area contributed by atoms with Crippen LogP contribution in [-0.2, 0) is 0 Å². The van der Waals surface area contributed by atoms with Crippen molar-refractivity contribution >= 4 is 25.4 Å². The van der Waals surface area contributed by atoms with Gasteiger partial charge in [-0.15, -0.1) is 12.4 Å². The first-order valence-corrected chi connectivity index (χ1v) is 3.28. The number of hydrogen-bond donors (Lipinski definition) is 3. The Hall–Kier alpha value is -1.05. The molecule has 1 aromatic rings. The fourth-order valence-corrected chi connectivity index (χ4v) is 0.749. The van der Waals surface area contributed by atoms with Crippen LogP contribution in [0.15, 0.2) is 12.1 Å². The smallest absolute Gasteiger partial charge is 0.509 e. The van der Waals surface area contributed by atoms with E-state index in [1.165, 1.54) is 0 Å². The minimum Gasteiger partial charge on any atom is -0.509 e. The molecule has 0 spiro atoms. The van der Waals surface area contributed by atoms with Crippen LogP contribution in [0.4, 0.5) is 14.5 Å². The van der Waals surface area contributed by atoms with Gasteiger partial charge in [0.1, 0.15) is 11.6 Å². The van der Waals surface area contributed by atoms with Crippen LogP contribution in [-0.4, -0.2) is 17.4 Å². The highest BCUT2D eigenvalue weighted by Crippen LogP contribution is 2.23. The van der Waals surface area contributed by atoms with Crippen molar-refractivity contribution in [2.24, 2.45) is 0 Å². The molecule has 0 heterocycles. The second kappa shape index (κ2) is 4.99. The lowest BCUT2D eigenvalue weighted by atomic mass is 10.2. The molecule has 0 fully saturated rings. The summed E-state index contributed by atoms with van der Waals surface area (Å²) in [6, 6.07) is 1.32. The van der Waals surface area contributed by atoms with E-state index in [0.717, 1.165) is 6.07 Å². The Morgan fingerprint density at radius 2 is 1.79 bits per heavy atom. The number of hydrogen-bond acceptors (Lipinski definition) is 4. The second-order valence-electron chi connectivity index (χ2n) is 2.25. The summed E-state index contributed by atoms with van der Waals surface area (Å²) in [5, 5.41) is 16.6. The van der Waals surface area contributed by atoms with E-state index in [-0.39, 0.29) is 18.1 Å². The van der Waals surface area contributed by atoms with Gasteiger partial charge in [-0.25, -0.2) is 8.78 Å². The van der Waals surface area contributed by atoms with Crippen molar-refractivity contribution in [3.8, 4) is 5.75 Å². The monoisotopic (exact) mass is 225 g/mol. The van der Waals surface area contributed by atoms with E-state index in [1.54, 1.807) is 0 Å². The molecule has 0 aliphatic carbocycles. The first-order valence-electron chi connectivity index (χ1n) is 3.28. The molecule has 0 aliphatic rings. The summed E-state index contributed by atoms with van der Waals surface area (Å²) in [4.78, 5) is 0. The number of halogens is 3. The van der Waals surface area contributed by atoms with Crippen LogP contribution >= 0.6 is 12.4 Å². The van der Waals surface area contributed by atoms with Gasteiger partial charge in [0.2, 0.25) is 0 Å². The highest BCUT2D eigenvalue weighted by Gasteiger charge is 2.16. The van der Waals surface area contributed by atoms with Crippen molar-refractivity contribution in [1.82, 2.24) is 0 Å². The summed E-state index contributed by atoms with van der Waals surface area (Å²) in [5.74, 6) is -2.51. The molecule has 14 heavy (non-hydrogen) atoms. The standard InChI is InChI=1S/C6H6BF2NO3.ClH/c8-3-1-4(9)6(2-5(3)10)13-7(11)12;/h1-2,11-12H,10H2;1H. The van der Waals surface area contributed by atoms with E-state index in [2.05, 4.69) is 4.65 Å². The van der Waals surface area contributed by atoms with Crippen LogP contribution in [0.3, 0.4) is 0 Å². The Balaban J connectivity index is 0.00000169. The SMILES string of the molecule is Cl.Nc1cc(OB(O)O)c(F)cc1F. The Bertz CT molecular complexity index is 326. The fourth-order valence-electron chi connectivity index (χ4n) is 0.749. The van der Waals surface area contributed by atoms with Crippen molar-refractivity contribution in [2.45, 2.75) is 0 Å².